The molecule has 43 heavy (non-hydrogen) atoms. The second-order valence-electron chi connectivity index (χ2n) is 10.1. The van der Waals surface area contributed by atoms with Crippen LogP contribution in [0, 0.1) is 0 Å². The fraction of sp³-hybridized carbons (Fsp3) is 0.364. The molecule has 0 spiro atoms. The Kier molecular flexibility index (Phi) is 10.0. The van der Waals surface area contributed by atoms with Crippen molar-refractivity contribution < 1.29 is 42.8 Å². The maximum atomic E-state index is 13.3. The van der Waals surface area contributed by atoms with Crippen molar-refractivity contribution in [3.63, 3.8) is 0 Å². The second-order valence-corrected chi connectivity index (χ2v) is 11.5. The maximum Gasteiger partial charge on any atom is 0.508 e. The molecule has 0 bridgehead atoms. The number of carbonyl (C=O) groups excluding carboxylic acids is 3. The van der Waals surface area contributed by atoms with Crippen LogP contribution in [0.15, 0.2) is 78.9 Å². The molecule has 1 saturated heterocycles. The third-order valence-electron chi connectivity index (χ3n) is 7.41. The number of fused-ring (bicyclic) bond motifs is 3. The van der Waals surface area contributed by atoms with E-state index in [0.29, 0.717) is 5.75 Å². The number of benzene rings is 3. The number of ether oxygens (including phenoxy) is 6. The van der Waals surface area contributed by atoms with Crippen molar-refractivity contribution in [1.29, 1.82) is 0 Å². The minimum absolute atomic E-state index is 0.0144. The Bertz CT molecular complexity index is 1380. The minimum Gasteiger partial charge on any atom is -0.467 e. The van der Waals surface area contributed by atoms with E-state index in [1.807, 2.05) is 85.8 Å². The third-order valence-corrected chi connectivity index (χ3v) is 8.45. The molecule has 0 saturated carbocycles. The zero-order chi connectivity index (χ0) is 30.3. The van der Waals surface area contributed by atoms with Crippen molar-refractivity contribution >= 4 is 29.9 Å². The lowest BCUT2D eigenvalue weighted by molar-refractivity contribution is -0.234. The molecule has 1 fully saturated rings. The van der Waals surface area contributed by atoms with Crippen molar-refractivity contribution in [1.82, 2.24) is 0 Å². The van der Waals surface area contributed by atoms with Crippen LogP contribution in [0.5, 0.6) is 0 Å². The van der Waals surface area contributed by atoms with E-state index in [1.165, 1.54) is 25.8 Å². The highest BCUT2D eigenvalue weighted by molar-refractivity contribution is 7.99. The number of esters is 2. The monoisotopic (exact) mass is 606 g/mol. The summed E-state index contributed by atoms with van der Waals surface area (Å²) >= 11 is 1.34. The zero-order valence-corrected chi connectivity index (χ0v) is 25.0. The second kappa shape index (κ2) is 14.1. The molecule has 226 valence electrons. The van der Waals surface area contributed by atoms with E-state index in [1.54, 1.807) is 0 Å². The quantitative estimate of drug-likeness (QED) is 0.217. The third kappa shape index (κ3) is 6.87. The van der Waals surface area contributed by atoms with E-state index in [9.17, 15) is 14.4 Å². The molecule has 5 atom stereocenters. The van der Waals surface area contributed by atoms with Crippen LogP contribution < -0.4 is 0 Å². The van der Waals surface area contributed by atoms with E-state index < -0.39 is 47.9 Å². The Morgan fingerprint density at radius 3 is 2.05 bits per heavy atom. The SMILES string of the molecule is CCS[C@H]1O[C@@H](C(=O)OC)[C@@H](OC(=O)OCC2c3ccccc3-c3ccccc32)[C@H](OCc2ccccc2)[C@H]1OC(C)=O. The van der Waals surface area contributed by atoms with Crippen molar-refractivity contribution in [2.24, 2.45) is 0 Å². The predicted octanol–water partition coefficient (Wildman–Crippen LogP) is 5.49. The van der Waals surface area contributed by atoms with Crippen LogP contribution in [0.4, 0.5) is 4.79 Å². The molecule has 0 unspecified atom stereocenters. The molecule has 0 N–H and O–H groups in total. The first-order valence-corrected chi connectivity index (χ1v) is 15.1. The Hall–Kier alpha value is -3.86. The van der Waals surface area contributed by atoms with Gasteiger partial charge in [-0.2, -0.15) is 0 Å². The Morgan fingerprint density at radius 1 is 0.814 bits per heavy atom. The lowest BCUT2D eigenvalue weighted by Gasteiger charge is -2.43. The molecule has 0 amide bonds. The summed E-state index contributed by atoms with van der Waals surface area (Å²) in [7, 11) is 1.22. The van der Waals surface area contributed by atoms with Gasteiger partial charge in [-0.25, -0.2) is 9.59 Å². The van der Waals surface area contributed by atoms with Gasteiger partial charge in [0.05, 0.1) is 13.7 Å². The Morgan fingerprint density at radius 2 is 1.44 bits per heavy atom. The molecule has 1 heterocycles. The lowest BCUT2D eigenvalue weighted by atomic mass is 9.98. The molecule has 1 aliphatic heterocycles. The van der Waals surface area contributed by atoms with E-state index in [4.69, 9.17) is 28.4 Å². The van der Waals surface area contributed by atoms with Gasteiger partial charge in [0, 0.05) is 12.8 Å². The van der Waals surface area contributed by atoms with Gasteiger partial charge in [0.15, 0.2) is 18.3 Å². The molecular formula is C33H34O9S. The topological polar surface area (TPSA) is 107 Å². The van der Waals surface area contributed by atoms with Gasteiger partial charge < -0.3 is 28.4 Å². The average molecular weight is 607 g/mol. The summed E-state index contributed by atoms with van der Waals surface area (Å²) in [6, 6.07) is 25.3. The first-order valence-electron chi connectivity index (χ1n) is 14.1. The average Bonchev–Trinajstić information content (AvgIpc) is 3.34. The molecule has 5 rings (SSSR count). The van der Waals surface area contributed by atoms with Gasteiger partial charge in [-0.15, -0.1) is 11.8 Å². The summed E-state index contributed by atoms with van der Waals surface area (Å²) in [4.78, 5) is 38.4. The molecule has 1 aliphatic carbocycles. The standard InChI is InChI=1S/C33H34O9S/c1-4-43-32-30(40-20(2)34)27(38-18-21-12-6-5-7-13-21)28(29(41-32)31(35)37-3)42-33(36)39-19-26-24-16-10-8-14-22(24)23-15-9-11-17-25(23)26/h5-17,26-30,32H,4,18-19H2,1-3H3/t27-,28-,29+,30+,32+/m0/s1. The van der Waals surface area contributed by atoms with Crippen molar-refractivity contribution in [3.05, 3.63) is 95.6 Å². The van der Waals surface area contributed by atoms with E-state index >= 15 is 0 Å². The molecule has 0 radical (unpaired) electrons. The number of hydrogen-bond donors (Lipinski definition) is 0. The molecule has 10 heteroatoms. The van der Waals surface area contributed by atoms with E-state index in [-0.39, 0.29) is 19.1 Å². The number of hydrogen-bond acceptors (Lipinski definition) is 10. The highest BCUT2D eigenvalue weighted by Crippen LogP contribution is 2.44. The Balaban J connectivity index is 1.39. The largest absolute Gasteiger partial charge is 0.508 e. The summed E-state index contributed by atoms with van der Waals surface area (Å²) in [5.41, 5.74) is 4.33. The summed E-state index contributed by atoms with van der Waals surface area (Å²) in [5.74, 6) is -0.921. The van der Waals surface area contributed by atoms with Crippen molar-refractivity contribution in [2.45, 2.75) is 56.2 Å². The van der Waals surface area contributed by atoms with Gasteiger partial charge in [0.25, 0.3) is 0 Å². The van der Waals surface area contributed by atoms with Gasteiger partial charge in [-0.1, -0.05) is 85.8 Å². The predicted molar refractivity (Wildman–Crippen MR) is 159 cm³/mol. The van der Waals surface area contributed by atoms with Crippen LogP contribution in [-0.2, 0) is 44.6 Å². The number of thioether (sulfide) groups is 1. The molecular weight excluding hydrogens is 572 g/mol. The minimum atomic E-state index is -1.35. The van der Waals surface area contributed by atoms with Crippen molar-refractivity contribution in [2.75, 3.05) is 19.5 Å². The number of methoxy groups -OCH3 is 1. The van der Waals surface area contributed by atoms with Gasteiger partial charge in [-0.05, 0) is 33.6 Å². The van der Waals surface area contributed by atoms with Crippen LogP contribution in [0.2, 0.25) is 0 Å². The van der Waals surface area contributed by atoms with Crippen LogP contribution in [0.3, 0.4) is 0 Å². The summed E-state index contributed by atoms with van der Waals surface area (Å²) in [6.07, 6.45) is -5.74. The lowest BCUT2D eigenvalue weighted by Crippen LogP contribution is -2.62. The number of rotatable bonds is 10. The molecule has 9 nitrogen and oxygen atoms in total. The molecule has 0 aromatic heterocycles. The van der Waals surface area contributed by atoms with Crippen LogP contribution >= 0.6 is 11.8 Å². The van der Waals surface area contributed by atoms with E-state index in [0.717, 1.165) is 27.8 Å². The van der Waals surface area contributed by atoms with Crippen LogP contribution in [0.25, 0.3) is 11.1 Å². The van der Waals surface area contributed by atoms with Crippen molar-refractivity contribution in [3.8, 4) is 11.1 Å². The zero-order valence-electron chi connectivity index (χ0n) is 24.2. The smallest absolute Gasteiger partial charge is 0.467 e. The fourth-order valence-corrected chi connectivity index (χ4v) is 6.48. The maximum absolute atomic E-state index is 13.3. The highest BCUT2D eigenvalue weighted by Gasteiger charge is 2.54. The molecule has 2 aliphatic rings. The van der Waals surface area contributed by atoms with Gasteiger partial charge in [-0.3, -0.25) is 4.79 Å². The highest BCUT2D eigenvalue weighted by atomic mass is 32.2. The van der Waals surface area contributed by atoms with Crippen LogP contribution in [-0.4, -0.2) is 67.4 Å². The van der Waals surface area contributed by atoms with Gasteiger partial charge in [0.1, 0.15) is 18.1 Å². The molecule has 3 aromatic rings. The first-order chi connectivity index (χ1) is 20.9. The summed E-state index contributed by atoms with van der Waals surface area (Å²) in [6.45, 7) is 3.30. The number of carbonyl (C=O) groups is 3. The summed E-state index contributed by atoms with van der Waals surface area (Å²) in [5, 5.41) is 0. The summed E-state index contributed by atoms with van der Waals surface area (Å²) < 4.78 is 34.4. The first kappa shape index (κ1) is 30.6. The molecule has 3 aromatic carbocycles. The fourth-order valence-electron chi connectivity index (χ4n) is 5.55. The normalized spacial score (nSPS) is 22.6. The Labute approximate surface area is 254 Å². The van der Waals surface area contributed by atoms with Gasteiger partial charge >= 0.3 is 18.1 Å². The van der Waals surface area contributed by atoms with E-state index in [2.05, 4.69) is 0 Å². The van der Waals surface area contributed by atoms with Crippen LogP contribution in [0.1, 0.15) is 36.5 Å². The van der Waals surface area contributed by atoms with Gasteiger partial charge in [0.2, 0.25) is 0 Å².